The molecule has 116 valence electrons. The molecule has 0 spiro atoms. The van der Waals surface area contributed by atoms with E-state index in [-0.39, 0.29) is 5.92 Å². The Labute approximate surface area is 117 Å². The maximum atomic E-state index is 12.0. The van der Waals surface area contributed by atoms with E-state index in [4.69, 9.17) is 15.9 Å². The average molecular weight is 289 g/mol. The van der Waals surface area contributed by atoms with Gasteiger partial charge in [-0.1, -0.05) is 20.3 Å². The molecule has 8 nitrogen and oxygen atoms in total. The predicted molar refractivity (Wildman–Crippen MR) is 71.7 cm³/mol. The lowest BCUT2D eigenvalue weighted by Crippen LogP contribution is -2.56. The molecule has 0 radical (unpaired) electrons. The highest BCUT2D eigenvalue weighted by molar-refractivity contribution is 5.91. The summed E-state index contributed by atoms with van der Waals surface area (Å²) >= 11 is 0. The normalized spacial score (nSPS) is 16.6. The Morgan fingerprint density at radius 3 is 2.05 bits per heavy atom. The number of nitrogens with one attached hydrogen (secondary N) is 2. The SMILES string of the molecule is CCC(C)C(NC(=O)C(C)N)C(=O)NC(CO)C(=O)O. The molecule has 0 aromatic rings. The molecule has 2 amide bonds. The fourth-order valence-corrected chi connectivity index (χ4v) is 1.43. The molecule has 0 bridgehead atoms. The highest BCUT2D eigenvalue weighted by atomic mass is 16.4. The fraction of sp³-hybridized carbons (Fsp3) is 0.750. The second-order valence-electron chi connectivity index (χ2n) is 4.74. The van der Waals surface area contributed by atoms with E-state index in [1.54, 1.807) is 6.92 Å². The van der Waals surface area contributed by atoms with Gasteiger partial charge in [-0.3, -0.25) is 9.59 Å². The zero-order valence-electron chi connectivity index (χ0n) is 11.9. The molecule has 0 saturated carbocycles. The molecular weight excluding hydrogens is 266 g/mol. The number of aliphatic hydroxyl groups is 1. The Morgan fingerprint density at radius 1 is 1.15 bits per heavy atom. The van der Waals surface area contributed by atoms with E-state index in [9.17, 15) is 14.4 Å². The standard InChI is InChI=1S/C12H23N3O5/c1-4-6(2)9(15-10(17)7(3)13)11(18)14-8(5-16)12(19)20/h6-9,16H,4-5,13H2,1-3H3,(H,14,18)(H,15,17)(H,19,20). The summed E-state index contributed by atoms with van der Waals surface area (Å²) in [7, 11) is 0. The van der Waals surface area contributed by atoms with Crippen molar-refractivity contribution in [2.45, 2.75) is 45.3 Å². The number of carboxylic acids is 1. The van der Waals surface area contributed by atoms with E-state index in [0.717, 1.165) is 0 Å². The first-order valence-electron chi connectivity index (χ1n) is 6.44. The summed E-state index contributed by atoms with van der Waals surface area (Å²) < 4.78 is 0. The van der Waals surface area contributed by atoms with Crippen molar-refractivity contribution in [3.8, 4) is 0 Å². The van der Waals surface area contributed by atoms with Crippen LogP contribution >= 0.6 is 0 Å². The number of aliphatic carboxylic acids is 1. The smallest absolute Gasteiger partial charge is 0.328 e. The van der Waals surface area contributed by atoms with Crippen molar-refractivity contribution in [1.82, 2.24) is 10.6 Å². The quantitative estimate of drug-likeness (QED) is 0.365. The lowest BCUT2D eigenvalue weighted by molar-refractivity contribution is -0.143. The van der Waals surface area contributed by atoms with Gasteiger partial charge in [0.05, 0.1) is 12.6 Å². The summed E-state index contributed by atoms with van der Waals surface area (Å²) in [5.74, 6) is -2.70. The van der Waals surface area contributed by atoms with Gasteiger partial charge in [0, 0.05) is 0 Å². The van der Waals surface area contributed by atoms with E-state index in [2.05, 4.69) is 10.6 Å². The third-order valence-corrected chi connectivity index (χ3v) is 3.00. The van der Waals surface area contributed by atoms with Gasteiger partial charge >= 0.3 is 5.97 Å². The van der Waals surface area contributed by atoms with Crippen LogP contribution in [0.3, 0.4) is 0 Å². The summed E-state index contributed by atoms with van der Waals surface area (Å²) in [6.45, 7) is 4.34. The van der Waals surface area contributed by atoms with Gasteiger partial charge in [-0.05, 0) is 12.8 Å². The number of nitrogens with two attached hydrogens (primary N) is 1. The number of amides is 2. The first kappa shape index (κ1) is 18.3. The van der Waals surface area contributed by atoms with Crippen molar-refractivity contribution < 1.29 is 24.6 Å². The third-order valence-electron chi connectivity index (χ3n) is 3.00. The van der Waals surface area contributed by atoms with Crippen molar-refractivity contribution in [3.05, 3.63) is 0 Å². The maximum Gasteiger partial charge on any atom is 0.328 e. The molecule has 0 saturated heterocycles. The Balaban J connectivity index is 4.90. The molecule has 0 rings (SSSR count). The second-order valence-corrected chi connectivity index (χ2v) is 4.74. The van der Waals surface area contributed by atoms with Gasteiger partial charge in [0.1, 0.15) is 12.1 Å². The topological polar surface area (TPSA) is 142 Å². The van der Waals surface area contributed by atoms with Gasteiger partial charge in [-0.25, -0.2) is 4.79 Å². The number of aliphatic hydroxyl groups excluding tert-OH is 1. The number of carboxylic acid groups (broad SMARTS) is 1. The van der Waals surface area contributed by atoms with Gasteiger partial charge < -0.3 is 26.6 Å². The molecule has 0 aliphatic rings. The van der Waals surface area contributed by atoms with Crippen molar-refractivity contribution >= 4 is 17.8 Å². The minimum Gasteiger partial charge on any atom is -0.480 e. The number of hydrogen-bond donors (Lipinski definition) is 5. The number of hydrogen-bond acceptors (Lipinski definition) is 5. The van der Waals surface area contributed by atoms with Crippen molar-refractivity contribution in [2.24, 2.45) is 11.7 Å². The van der Waals surface area contributed by atoms with Crippen molar-refractivity contribution in [1.29, 1.82) is 0 Å². The zero-order chi connectivity index (χ0) is 15.9. The summed E-state index contributed by atoms with van der Waals surface area (Å²) in [6.07, 6.45) is 0.605. The molecule has 0 aliphatic carbocycles. The summed E-state index contributed by atoms with van der Waals surface area (Å²) in [6, 6.07) is -3.07. The van der Waals surface area contributed by atoms with E-state index < -0.39 is 42.5 Å². The first-order valence-corrected chi connectivity index (χ1v) is 6.44. The number of rotatable bonds is 8. The zero-order valence-corrected chi connectivity index (χ0v) is 11.9. The van der Waals surface area contributed by atoms with Crippen LogP contribution in [-0.2, 0) is 14.4 Å². The average Bonchev–Trinajstić information content (AvgIpc) is 2.39. The molecule has 6 N–H and O–H groups in total. The van der Waals surface area contributed by atoms with E-state index in [1.807, 2.05) is 6.92 Å². The minimum atomic E-state index is -1.40. The Morgan fingerprint density at radius 2 is 1.70 bits per heavy atom. The highest BCUT2D eigenvalue weighted by Gasteiger charge is 2.29. The van der Waals surface area contributed by atoms with Crippen molar-refractivity contribution in [3.63, 3.8) is 0 Å². The van der Waals surface area contributed by atoms with Crippen LogP contribution in [0.5, 0.6) is 0 Å². The monoisotopic (exact) mass is 289 g/mol. The van der Waals surface area contributed by atoms with Gasteiger partial charge in [-0.2, -0.15) is 0 Å². The van der Waals surface area contributed by atoms with Crippen LogP contribution in [0.4, 0.5) is 0 Å². The van der Waals surface area contributed by atoms with Crippen LogP contribution in [0.25, 0.3) is 0 Å². The molecule has 0 fully saturated rings. The number of carbonyl (C=O) groups excluding carboxylic acids is 2. The summed E-state index contributed by atoms with van der Waals surface area (Å²) in [5.41, 5.74) is 5.42. The van der Waals surface area contributed by atoms with Crippen LogP contribution in [0.15, 0.2) is 0 Å². The van der Waals surface area contributed by atoms with Crippen LogP contribution in [-0.4, -0.2) is 52.7 Å². The van der Waals surface area contributed by atoms with Gasteiger partial charge in [-0.15, -0.1) is 0 Å². The van der Waals surface area contributed by atoms with Gasteiger partial charge in [0.25, 0.3) is 0 Å². The molecule has 4 unspecified atom stereocenters. The predicted octanol–water partition coefficient (Wildman–Crippen LogP) is -1.57. The molecule has 0 aliphatic heterocycles. The summed E-state index contributed by atoms with van der Waals surface area (Å²) in [4.78, 5) is 34.4. The van der Waals surface area contributed by atoms with Gasteiger partial charge in [0.15, 0.2) is 0 Å². The lowest BCUT2D eigenvalue weighted by atomic mass is 9.97. The highest BCUT2D eigenvalue weighted by Crippen LogP contribution is 2.08. The Bertz CT molecular complexity index is 359. The molecule has 20 heavy (non-hydrogen) atoms. The third kappa shape index (κ3) is 5.54. The van der Waals surface area contributed by atoms with Crippen molar-refractivity contribution in [2.75, 3.05) is 6.61 Å². The van der Waals surface area contributed by atoms with Crippen LogP contribution in [0.2, 0.25) is 0 Å². The van der Waals surface area contributed by atoms with E-state index in [0.29, 0.717) is 6.42 Å². The Kier molecular flexibility index (Phi) is 7.78. The van der Waals surface area contributed by atoms with Crippen LogP contribution in [0.1, 0.15) is 27.2 Å². The van der Waals surface area contributed by atoms with Crippen LogP contribution < -0.4 is 16.4 Å². The largest absolute Gasteiger partial charge is 0.480 e. The first-order chi connectivity index (χ1) is 9.24. The molecule has 0 heterocycles. The van der Waals surface area contributed by atoms with Gasteiger partial charge in [0.2, 0.25) is 11.8 Å². The molecular formula is C12H23N3O5. The Hall–Kier alpha value is -1.67. The molecule has 4 atom stereocenters. The molecule has 0 aromatic carbocycles. The van der Waals surface area contributed by atoms with E-state index in [1.165, 1.54) is 6.92 Å². The van der Waals surface area contributed by atoms with E-state index >= 15 is 0 Å². The molecule has 8 heteroatoms. The summed E-state index contributed by atoms with van der Waals surface area (Å²) in [5, 5.41) is 22.3. The lowest BCUT2D eigenvalue weighted by Gasteiger charge is -2.25. The minimum absolute atomic E-state index is 0.203. The molecule has 0 aromatic heterocycles. The maximum absolute atomic E-state index is 12.0. The fourth-order valence-electron chi connectivity index (χ4n) is 1.43. The van der Waals surface area contributed by atoms with Crippen LogP contribution in [0, 0.1) is 5.92 Å². The number of carbonyl (C=O) groups is 3. The second kappa shape index (κ2) is 8.49.